The van der Waals surface area contributed by atoms with Gasteiger partial charge in [-0.1, -0.05) is 202 Å². The van der Waals surface area contributed by atoms with E-state index in [9.17, 15) is 0 Å². The van der Waals surface area contributed by atoms with Crippen LogP contribution in [0.5, 0.6) is 0 Å². The molecule has 1 aliphatic rings. The van der Waals surface area contributed by atoms with Gasteiger partial charge in [0, 0.05) is 64.4 Å². The highest BCUT2D eigenvalue weighted by molar-refractivity contribution is 7.26. The molecule has 2 nitrogen and oxygen atoms in total. The monoisotopic (exact) mass is 911 g/mol. The predicted octanol–water partition coefficient (Wildman–Crippen LogP) is 19.6. The maximum absolute atomic E-state index is 6.51. The highest BCUT2D eigenvalue weighted by Crippen LogP contribution is 2.53. The molecule has 13 aromatic rings. The van der Waals surface area contributed by atoms with Gasteiger partial charge < -0.3 is 9.32 Å². The van der Waals surface area contributed by atoms with Crippen LogP contribution in [0.4, 0.5) is 17.1 Å². The minimum atomic E-state index is -0.145. The Labute approximate surface area is 411 Å². The normalized spacial score (nSPS) is 12.8. The highest BCUT2D eigenvalue weighted by atomic mass is 32.1. The number of hydrogen-bond donors (Lipinski definition) is 0. The van der Waals surface area contributed by atoms with Crippen LogP contribution in [-0.2, 0) is 5.41 Å². The van der Waals surface area contributed by atoms with Gasteiger partial charge in [-0.15, -0.1) is 11.3 Å². The third-order valence-electron chi connectivity index (χ3n) is 14.9. The molecule has 0 bridgehead atoms. The number of furan rings is 1. The fraction of sp³-hybridized carbons (Fsp3) is 0.0448. The molecule has 14 rings (SSSR count). The number of thiophene rings is 1. The number of hydrogen-bond acceptors (Lipinski definition) is 3. The molecular formula is C67H45NOS. The predicted molar refractivity (Wildman–Crippen MR) is 298 cm³/mol. The number of para-hydroxylation sites is 2. The summed E-state index contributed by atoms with van der Waals surface area (Å²) < 4.78 is 9.13. The van der Waals surface area contributed by atoms with Crippen LogP contribution >= 0.6 is 11.3 Å². The maximum Gasteiger partial charge on any atom is 0.143 e. The Morgan fingerprint density at radius 1 is 0.371 bits per heavy atom. The van der Waals surface area contributed by atoms with Gasteiger partial charge in [-0.2, -0.15) is 0 Å². The molecule has 0 amide bonds. The van der Waals surface area contributed by atoms with E-state index in [2.05, 4.69) is 249 Å². The van der Waals surface area contributed by atoms with E-state index in [4.69, 9.17) is 4.42 Å². The number of fused-ring (bicyclic) bond motifs is 11. The van der Waals surface area contributed by atoms with Gasteiger partial charge in [-0.3, -0.25) is 0 Å². The van der Waals surface area contributed by atoms with Crippen molar-refractivity contribution >= 4 is 81.3 Å². The van der Waals surface area contributed by atoms with E-state index in [1.807, 2.05) is 17.4 Å². The second kappa shape index (κ2) is 15.8. The van der Waals surface area contributed by atoms with Crippen LogP contribution in [0, 0.1) is 0 Å². The first-order valence-corrected chi connectivity index (χ1v) is 25.0. The fourth-order valence-corrected chi connectivity index (χ4v) is 12.8. The Kier molecular flexibility index (Phi) is 9.14. The van der Waals surface area contributed by atoms with Crippen LogP contribution in [0.25, 0.3) is 109 Å². The summed E-state index contributed by atoms with van der Waals surface area (Å²) in [6.07, 6.45) is 0. The molecule has 330 valence electrons. The minimum Gasteiger partial charge on any atom is -0.455 e. The zero-order valence-corrected chi connectivity index (χ0v) is 39.6. The highest BCUT2D eigenvalue weighted by Gasteiger charge is 2.36. The molecule has 1 aliphatic carbocycles. The molecule has 0 aliphatic heterocycles. The van der Waals surface area contributed by atoms with Crippen LogP contribution in [-0.4, -0.2) is 0 Å². The number of benzene rings is 11. The summed E-state index contributed by atoms with van der Waals surface area (Å²) >= 11 is 1.90. The Balaban J connectivity index is 0.943. The lowest BCUT2D eigenvalue weighted by molar-refractivity contribution is 0.660. The van der Waals surface area contributed by atoms with E-state index < -0.39 is 0 Å². The molecule has 0 atom stereocenters. The molecule has 0 fully saturated rings. The lowest BCUT2D eigenvalue weighted by Gasteiger charge is -2.28. The standard InChI is InChI=1S/C67H45NOS/c1-67(2)58-24-11-8-17-51(58)52-40-39-49(41-59(52)67)68(47-35-31-44(32-36-47)50-22-14-23-55-53-18-9-12-25-60(53)69-65(50)55)48-37-33-45(34-38-48)62-54-19-6-7-20-56(54)66-64(57-21-10-13-26-61(57)70-66)63(62)46-29-27-43(28-30-46)42-15-4-3-5-16-42/h3-41H,1-2H3. The van der Waals surface area contributed by atoms with Crippen molar-refractivity contribution in [3.63, 3.8) is 0 Å². The molecule has 0 spiro atoms. The van der Waals surface area contributed by atoms with E-state index in [0.717, 1.165) is 50.1 Å². The number of anilines is 3. The molecule has 70 heavy (non-hydrogen) atoms. The lowest BCUT2D eigenvalue weighted by Crippen LogP contribution is -2.16. The van der Waals surface area contributed by atoms with E-state index in [1.54, 1.807) is 0 Å². The Hall–Kier alpha value is -8.50. The van der Waals surface area contributed by atoms with Gasteiger partial charge >= 0.3 is 0 Å². The molecule has 2 heterocycles. The van der Waals surface area contributed by atoms with Crippen molar-refractivity contribution in [3.05, 3.63) is 248 Å². The zero-order chi connectivity index (χ0) is 46.5. The van der Waals surface area contributed by atoms with E-state index in [-0.39, 0.29) is 5.41 Å². The summed E-state index contributed by atoms with van der Waals surface area (Å²) in [5.41, 5.74) is 19.8. The molecule has 0 N–H and O–H groups in total. The van der Waals surface area contributed by atoms with Crippen molar-refractivity contribution in [2.24, 2.45) is 0 Å². The summed E-state index contributed by atoms with van der Waals surface area (Å²) in [4.78, 5) is 2.42. The second-order valence-electron chi connectivity index (χ2n) is 19.2. The van der Waals surface area contributed by atoms with E-state index in [1.165, 1.54) is 86.6 Å². The number of rotatable bonds is 7. The minimum absolute atomic E-state index is 0.145. The maximum atomic E-state index is 6.51. The third-order valence-corrected chi connectivity index (χ3v) is 16.1. The number of nitrogens with zero attached hydrogens (tertiary/aromatic N) is 1. The Morgan fingerprint density at radius 2 is 0.914 bits per heavy atom. The first-order chi connectivity index (χ1) is 34.5. The molecule has 3 heteroatoms. The van der Waals surface area contributed by atoms with Gasteiger partial charge in [0.25, 0.3) is 0 Å². The van der Waals surface area contributed by atoms with Crippen molar-refractivity contribution in [1.82, 2.24) is 0 Å². The first-order valence-electron chi connectivity index (χ1n) is 24.2. The summed E-state index contributed by atoms with van der Waals surface area (Å²) in [6, 6.07) is 86.8. The van der Waals surface area contributed by atoms with E-state index in [0.29, 0.717) is 0 Å². The Bertz CT molecular complexity index is 4180. The van der Waals surface area contributed by atoms with Crippen LogP contribution in [0.1, 0.15) is 25.0 Å². The average Bonchev–Trinajstić information content (AvgIpc) is 4.07. The lowest BCUT2D eigenvalue weighted by atomic mass is 9.82. The first kappa shape index (κ1) is 40.6. The molecule has 0 saturated carbocycles. The SMILES string of the molecule is CC1(C)c2ccccc2-c2ccc(N(c3ccc(-c4c(-c5ccc(-c6ccccc6)cc5)c5c6ccccc6sc5c5ccccc45)cc3)c3ccc(-c4cccc5c4oc4ccccc45)cc3)cc21. The molecule has 11 aromatic carbocycles. The molecule has 2 aromatic heterocycles. The Morgan fingerprint density at radius 3 is 1.70 bits per heavy atom. The van der Waals surface area contributed by atoms with Crippen molar-refractivity contribution in [1.29, 1.82) is 0 Å². The van der Waals surface area contributed by atoms with Crippen LogP contribution in [0.2, 0.25) is 0 Å². The quantitative estimate of drug-likeness (QED) is 0.158. The van der Waals surface area contributed by atoms with Gasteiger partial charge in [0.2, 0.25) is 0 Å². The van der Waals surface area contributed by atoms with Gasteiger partial charge in [0.05, 0.1) is 0 Å². The third kappa shape index (κ3) is 6.25. The largest absolute Gasteiger partial charge is 0.455 e. The zero-order valence-electron chi connectivity index (χ0n) is 38.8. The summed E-state index contributed by atoms with van der Waals surface area (Å²) in [6.45, 7) is 4.72. The molecule has 0 radical (unpaired) electrons. The summed E-state index contributed by atoms with van der Waals surface area (Å²) in [5.74, 6) is 0. The topological polar surface area (TPSA) is 16.4 Å². The molecule has 0 unspecified atom stereocenters. The molecule has 0 saturated heterocycles. The molecular weight excluding hydrogens is 867 g/mol. The van der Waals surface area contributed by atoms with Crippen LogP contribution in [0.3, 0.4) is 0 Å². The summed E-state index contributed by atoms with van der Waals surface area (Å²) in [5, 5.41) is 7.41. The van der Waals surface area contributed by atoms with Gasteiger partial charge in [-0.05, 0) is 115 Å². The van der Waals surface area contributed by atoms with Crippen LogP contribution < -0.4 is 4.90 Å². The smallest absolute Gasteiger partial charge is 0.143 e. The average molecular weight is 912 g/mol. The van der Waals surface area contributed by atoms with Crippen molar-refractivity contribution < 1.29 is 4.42 Å². The van der Waals surface area contributed by atoms with Crippen molar-refractivity contribution in [3.8, 4) is 55.6 Å². The van der Waals surface area contributed by atoms with Gasteiger partial charge in [0.1, 0.15) is 11.2 Å². The van der Waals surface area contributed by atoms with Crippen molar-refractivity contribution in [2.75, 3.05) is 4.90 Å². The van der Waals surface area contributed by atoms with Gasteiger partial charge in [-0.25, -0.2) is 0 Å². The van der Waals surface area contributed by atoms with Gasteiger partial charge in [0.15, 0.2) is 0 Å². The van der Waals surface area contributed by atoms with E-state index >= 15 is 0 Å². The van der Waals surface area contributed by atoms with Crippen LogP contribution in [0.15, 0.2) is 241 Å². The van der Waals surface area contributed by atoms with Crippen molar-refractivity contribution in [2.45, 2.75) is 19.3 Å². The second-order valence-corrected chi connectivity index (χ2v) is 20.2. The summed E-state index contributed by atoms with van der Waals surface area (Å²) in [7, 11) is 0. The fourth-order valence-electron chi connectivity index (χ4n) is 11.5.